The minimum atomic E-state index is 0.559. The molecule has 12 aromatic rings. The van der Waals surface area contributed by atoms with Gasteiger partial charge in [-0.1, -0.05) is 121 Å². The molecule has 57 heavy (non-hydrogen) atoms. The molecule has 0 atom stereocenters. The third-order valence-corrected chi connectivity index (χ3v) is 11.1. The molecule has 6 nitrogen and oxygen atoms in total. The molecular weight excluding hydrogens is 701 g/mol. The summed E-state index contributed by atoms with van der Waals surface area (Å²) in [7, 11) is 0. The minimum absolute atomic E-state index is 0.559. The molecule has 0 bridgehead atoms. The van der Waals surface area contributed by atoms with Gasteiger partial charge in [0.25, 0.3) is 0 Å². The second-order valence-electron chi connectivity index (χ2n) is 14.4. The van der Waals surface area contributed by atoms with Gasteiger partial charge in [0, 0.05) is 49.1 Å². The van der Waals surface area contributed by atoms with Crippen molar-refractivity contribution < 1.29 is 8.83 Å². The largest absolute Gasteiger partial charge is 0.456 e. The maximum atomic E-state index is 6.71. The summed E-state index contributed by atoms with van der Waals surface area (Å²) in [6, 6.07) is 62.7. The summed E-state index contributed by atoms with van der Waals surface area (Å²) in [5, 5.41) is 6.68. The Kier molecular flexibility index (Phi) is 6.83. The number of benzene rings is 8. The van der Waals surface area contributed by atoms with E-state index in [9.17, 15) is 0 Å². The molecular formula is C51H30N4O2. The van der Waals surface area contributed by atoms with Crippen LogP contribution in [-0.2, 0) is 0 Å². The number of hydrogen-bond donors (Lipinski definition) is 0. The van der Waals surface area contributed by atoms with Crippen LogP contribution in [0.15, 0.2) is 191 Å². The van der Waals surface area contributed by atoms with E-state index in [0.29, 0.717) is 17.5 Å². The van der Waals surface area contributed by atoms with E-state index in [-0.39, 0.29) is 0 Å². The topological polar surface area (TPSA) is 69.9 Å². The second kappa shape index (κ2) is 12.3. The highest BCUT2D eigenvalue weighted by Crippen LogP contribution is 2.40. The highest BCUT2D eigenvalue weighted by atomic mass is 16.3. The molecule has 266 valence electrons. The molecule has 0 aliphatic carbocycles. The van der Waals surface area contributed by atoms with Gasteiger partial charge < -0.3 is 13.4 Å². The zero-order valence-electron chi connectivity index (χ0n) is 30.4. The fraction of sp³-hybridized carbons (Fsp3) is 0. The van der Waals surface area contributed by atoms with Crippen LogP contribution >= 0.6 is 0 Å². The Labute approximate surface area is 325 Å². The van der Waals surface area contributed by atoms with Crippen molar-refractivity contribution in [1.82, 2.24) is 19.5 Å². The van der Waals surface area contributed by atoms with Gasteiger partial charge in [0.2, 0.25) is 0 Å². The van der Waals surface area contributed by atoms with Crippen LogP contribution in [0.25, 0.3) is 117 Å². The normalized spacial score (nSPS) is 11.9. The summed E-state index contributed by atoms with van der Waals surface area (Å²) < 4.78 is 15.5. The zero-order valence-corrected chi connectivity index (χ0v) is 30.4. The Bertz CT molecular complexity index is 3410. The average Bonchev–Trinajstić information content (AvgIpc) is 3.95. The van der Waals surface area contributed by atoms with Crippen molar-refractivity contribution in [1.29, 1.82) is 0 Å². The Balaban J connectivity index is 0.952. The van der Waals surface area contributed by atoms with Gasteiger partial charge in [-0.3, -0.25) is 0 Å². The predicted molar refractivity (Wildman–Crippen MR) is 230 cm³/mol. The van der Waals surface area contributed by atoms with Crippen molar-refractivity contribution in [3.05, 3.63) is 182 Å². The molecule has 0 N–H and O–H groups in total. The van der Waals surface area contributed by atoms with Crippen LogP contribution < -0.4 is 0 Å². The Morgan fingerprint density at radius 1 is 0.333 bits per heavy atom. The van der Waals surface area contributed by atoms with Gasteiger partial charge in [-0.2, -0.15) is 0 Å². The maximum Gasteiger partial charge on any atom is 0.167 e. The molecule has 0 aliphatic heterocycles. The Morgan fingerprint density at radius 3 is 1.53 bits per heavy atom. The van der Waals surface area contributed by atoms with Crippen LogP contribution in [0.5, 0.6) is 0 Å². The number of furan rings is 2. The standard InChI is InChI=1S/C51H30N4O2/c1-3-12-31(13-4-1)49-52-50(32-14-5-2-6-15-32)54-51(53-49)41-19-11-18-40-38-25-22-34(29-47(38)57-48(40)41)33-23-26-39-42-30-35(24-27-45(42)56-46(39)28-33)55-43-20-9-7-16-36(43)37-17-8-10-21-44(37)55/h1-30H. The third kappa shape index (κ3) is 5.01. The van der Waals surface area contributed by atoms with Gasteiger partial charge in [-0.05, 0) is 71.8 Å². The van der Waals surface area contributed by atoms with Crippen LogP contribution in [0.1, 0.15) is 0 Å². The zero-order chi connectivity index (χ0) is 37.5. The molecule has 0 spiro atoms. The van der Waals surface area contributed by atoms with Crippen molar-refractivity contribution in [2.24, 2.45) is 0 Å². The summed E-state index contributed by atoms with van der Waals surface area (Å²) in [5.74, 6) is 1.78. The number of aromatic nitrogens is 4. The second-order valence-corrected chi connectivity index (χ2v) is 14.4. The first-order chi connectivity index (χ1) is 28.2. The van der Waals surface area contributed by atoms with Crippen LogP contribution in [0.3, 0.4) is 0 Å². The lowest BCUT2D eigenvalue weighted by molar-refractivity contribution is 0.668. The van der Waals surface area contributed by atoms with Gasteiger partial charge >= 0.3 is 0 Å². The lowest BCUT2D eigenvalue weighted by Gasteiger charge is -2.08. The molecule has 12 rings (SSSR count). The van der Waals surface area contributed by atoms with E-state index in [2.05, 4.69) is 114 Å². The summed E-state index contributed by atoms with van der Waals surface area (Å²) >= 11 is 0. The first kappa shape index (κ1) is 31.5. The molecule has 0 saturated carbocycles. The van der Waals surface area contributed by atoms with Gasteiger partial charge in [0.05, 0.1) is 16.6 Å². The van der Waals surface area contributed by atoms with Gasteiger partial charge in [0.1, 0.15) is 22.3 Å². The number of rotatable bonds is 5. The average molecular weight is 731 g/mol. The van der Waals surface area contributed by atoms with Crippen molar-refractivity contribution in [2.75, 3.05) is 0 Å². The van der Waals surface area contributed by atoms with E-state index >= 15 is 0 Å². The smallest absolute Gasteiger partial charge is 0.167 e. The number of fused-ring (bicyclic) bond motifs is 9. The minimum Gasteiger partial charge on any atom is -0.456 e. The highest BCUT2D eigenvalue weighted by molar-refractivity contribution is 6.12. The molecule has 0 unspecified atom stereocenters. The summed E-state index contributed by atoms with van der Waals surface area (Å²) in [4.78, 5) is 14.8. The summed E-state index contributed by atoms with van der Waals surface area (Å²) in [6.07, 6.45) is 0. The van der Waals surface area contributed by atoms with E-state index < -0.39 is 0 Å². The summed E-state index contributed by atoms with van der Waals surface area (Å²) in [6.45, 7) is 0. The molecule has 0 fully saturated rings. The molecule has 4 aromatic heterocycles. The van der Waals surface area contributed by atoms with E-state index in [1.165, 1.54) is 21.8 Å². The monoisotopic (exact) mass is 730 g/mol. The van der Waals surface area contributed by atoms with Crippen LogP contribution in [0.2, 0.25) is 0 Å². The fourth-order valence-corrected chi connectivity index (χ4v) is 8.37. The molecule has 0 aliphatic rings. The van der Waals surface area contributed by atoms with Gasteiger partial charge in [-0.15, -0.1) is 0 Å². The first-order valence-corrected chi connectivity index (χ1v) is 19.0. The van der Waals surface area contributed by atoms with Crippen LogP contribution in [0.4, 0.5) is 0 Å². The molecule has 0 saturated heterocycles. The molecule has 8 aromatic carbocycles. The lowest BCUT2D eigenvalue weighted by Crippen LogP contribution is -2.00. The van der Waals surface area contributed by atoms with E-state index in [0.717, 1.165) is 77.4 Å². The SMILES string of the molecule is c1ccc(-c2nc(-c3ccccc3)nc(-c3cccc4c3oc3cc(-c5ccc6c(c5)oc5ccc(-n7c8ccccc8c8ccccc87)cc56)ccc34)n2)cc1. The van der Waals surface area contributed by atoms with Crippen molar-refractivity contribution in [2.45, 2.75) is 0 Å². The molecule has 6 heteroatoms. The summed E-state index contributed by atoms with van der Waals surface area (Å²) in [5.41, 5.74) is 11.4. The number of nitrogens with zero attached hydrogens (tertiary/aromatic N) is 4. The Morgan fingerprint density at radius 2 is 0.877 bits per heavy atom. The maximum absolute atomic E-state index is 6.71. The van der Waals surface area contributed by atoms with E-state index in [4.69, 9.17) is 23.8 Å². The van der Waals surface area contributed by atoms with Crippen molar-refractivity contribution in [3.63, 3.8) is 0 Å². The first-order valence-electron chi connectivity index (χ1n) is 19.0. The predicted octanol–water partition coefficient (Wildman–Crippen LogP) is 13.4. The van der Waals surface area contributed by atoms with Crippen molar-refractivity contribution in [3.8, 4) is 51.0 Å². The van der Waals surface area contributed by atoms with Crippen LogP contribution in [0, 0.1) is 0 Å². The van der Waals surface area contributed by atoms with Gasteiger partial charge in [-0.25, -0.2) is 15.0 Å². The molecule has 4 heterocycles. The molecule has 0 radical (unpaired) electrons. The van der Waals surface area contributed by atoms with Crippen molar-refractivity contribution >= 4 is 65.7 Å². The number of hydrogen-bond acceptors (Lipinski definition) is 5. The Hall–Kier alpha value is -7.83. The van der Waals surface area contributed by atoms with Gasteiger partial charge in [0.15, 0.2) is 17.5 Å². The van der Waals surface area contributed by atoms with E-state index in [1.54, 1.807) is 0 Å². The number of para-hydroxylation sites is 3. The molecule has 0 amide bonds. The van der Waals surface area contributed by atoms with E-state index in [1.807, 2.05) is 72.8 Å². The highest BCUT2D eigenvalue weighted by Gasteiger charge is 2.19. The lowest BCUT2D eigenvalue weighted by atomic mass is 10.0. The fourth-order valence-electron chi connectivity index (χ4n) is 8.37. The quantitative estimate of drug-likeness (QED) is 0.176. The third-order valence-electron chi connectivity index (χ3n) is 11.1. The van der Waals surface area contributed by atoms with Crippen LogP contribution in [-0.4, -0.2) is 19.5 Å².